The minimum Gasteiger partial charge on any atom is -0.337 e. The SMILES string of the molecule is C[C@H](C(=O)N1CCC[C@H]1Cn1cccn1)N1CCN(C)CC1. The number of hydrogen-bond acceptors (Lipinski definition) is 4. The summed E-state index contributed by atoms with van der Waals surface area (Å²) in [6, 6.07) is 2.22. The third kappa shape index (κ3) is 3.33. The van der Waals surface area contributed by atoms with E-state index >= 15 is 0 Å². The Hall–Kier alpha value is -1.40. The number of amides is 1. The Labute approximate surface area is 132 Å². The molecule has 122 valence electrons. The molecule has 2 fully saturated rings. The fourth-order valence-electron chi connectivity index (χ4n) is 3.55. The number of piperazine rings is 1. The van der Waals surface area contributed by atoms with Gasteiger partial charge in [0.15, 0.2) is 0 Å². The zero-order valence-electron chi connectivity index (χ0n) is 13.7. The summed E-state index contributed by atoms with van der Waals surface area (Å²) in [6.07, 6.45) is 5.97. The summed E-state index contributed by atoms with van der Waals surface area (Å²) < 4.78 is 1.94. The second kappa shape index (κ2) is 6.79. The number of carbonyl (C=O) groups is 1. The molecule has 0 bridgehead atoms. The van der Waals surface area contributed by atoms with Crippen LogP contribution in [-0.4, -0.2) is 82.2 Å². The lowest BCUT2D eigenvalue weighted by Gasteiger charge is -2.38. The Morgan fingerprint density at radius 1 is 1.27 bits per heavy atom. The molecule has 6 heteroatoms. The lowest BCUT2D eigenvalue weighted by molar-refractivity contribution is -0.138. The number of nitrogens with zero attached hydrogens (tertiary/aromatic N) is 5. The molecule has 0 aromatic carbocycles. The van der Waals surface area contributed by atoms with E-state index in [0.717, 1.165) is 52.1 Å². The third-order valence-corrected chi connectivity index (χ3v) is 5.06. The number of carbonyl (C=O) groups excluding carboxylic acids is 1. The highest BCUT2D eigenvalue weighted by molar-refractivity contribution is 5.82. The summed E-state index contributed by atoms with van der Waals surface area (Å²) in [6.45, 7) is 7.85. The van der Waals surface area contributed by atoms with Gasteiger partial charge in [0.1, 0.15) is 0 Å². The molecule has 3 rings (SSSR count). The summed E-state index contributed by atoms with van der Waals surface area (Å²) in [5.74, 6) is 0.291. The first-order valence-corrected chi connectivity index (χ1v) is 8.35. The van der Waals surface area contributed by atoms with Gasteiger partial charge in [-0.1, -0.05) is 0 Å². The highest BCUT2D eigenvalue weighted by Gasteiger charge is 2.34. The Morgan fingerprint density at radius 2 is 2.05 bits per heavy atom. The van der Waals surface area contributed by atoms with Crippen LogP contribution in [0.3, 0.4) is 0 Å². The standard InChI is InChI=1S/C16H27N5O/c1-14(19-11-9-18(2)10-12-19)16(22)21-8-3-5-15(21)13-20-7-4-6-17-20/h4,6-7,14-15H,3,5,8-13H2,1-2H3/t14-,15+/m1/s1. The van der Waals surface area contributed by atoms with Crippen molar-refractivity contribution < 1.29 is 4.79 Å². The first-order chi connectivity index (χ1) is 10.6. The van der Waals surface area contributed by atoms with Crippen molar-refractivity contribution >= 4 is 5.91 Å². The van der Waals surface area contributed by atoms with E-state index in [2.05, 4.69) is 33.8 Å². The van der Waals surface area contributed by atoms with Crippen molar-refractivity contribution in [2.75, 3.05) is 39.8 Å². The van der Waals surface area contributed by atoms with Crippen molar-refractivity contribution in [1.29, 1.82) is 0 Å². The smallest absolute Gasteiger partial charge is 0.239 e. The molecule has 2 saturated heterocycles. The predicted molar refractivity (Wildman–Crippen MR) is 85.5 cm³/mol. The number of hydrogen-bond donors (Lipinski definition) is 0. The average molecular weight is 305 g/mol. The second-order valence-corrected chi connectivity index (χ2v) is 6.57. The van der Waals surface area contributed by atoms with Gasteiger partial charge in [0.05, 0.1) is 18.6 Å². The van der Waals surface area contributed by atoms with E-state index in [1.54, 1.807) is 6.20 Å². The monoisotopic (exact) mass is 305 g/mol. The molecule has 0 N–H and O–H groups in total. The van der Waals surface area contributed by atoms with Crippen LogP contribution < -0.4 is 0 Å². The molecule has 1 aromatic heterocycles. The molecule has 0 saturated carbocycles. The van der Waals surface area contributed by atoms with Crippen molar-refractivity contribution in [1.82, 2.24) is 24.5 Å². The highest BCUT2D eigenvalue weighted by Crippen LogP contribution is 2.21. The summed E-state index contributed by atoms with van der Waals surface area (Å²) in [7, 11) is 2.14. The quantitative estimate of drug-likeness (QED) is 0.813. The predicted octanol–water partition coefficient (Wildman–Crippen LogP) is 0.510. The number of aromatic nitrogens is 2. The van der Waals surface area contributed by atoms with Crippen molar-refractivity contribution in [2.24, 2.45) is 0 Å². The van der Waals surface area contributed by atoms with E-state index in [0.29, 0.717) is 11.9 Å². The average Bonchev–Trinajstić information content (AvgIpc) is 3.19. The van der Waals surface area contributed by atoms with Crippen LogP contribution in [0.2, 0.25) is 0 Å². The van der Waals surface area contributed by atoms with E-state index in [1.807, 2.05) is 16.9 Å². The molecule has 2 atom stereocenters. The van der Waals surface area contributed by atoms with Crippen molar-refractivity contribution in [3.63, 3.8) is 0 Å². The normalized spacial score (nSPS) is 25.5. The Bertz CT molecular complexity index is 481. The van der Waals surface area contributed by atoms with Crippen LogP contribution in [0, 0.1) is 0 Å². The molecule has 0 spiro atoms. The Morgan fingerprint density at radius 3 is 2.73 bits per heavy atom. The van der Waals surface area contributed by atoms with Crippen LogP contribution in [0.1, 0.15) is 19.8 Å². The van der Waals surface area contributed by atoms with Crippen LogP contribution in [0.4, 0.5) is 0 Å². The fraction of sp³-hybridized carbons (Fsp3) is 0.750. The molecule has 0 unspecified atom stereocenters. The number of likely N-dealkylation sites (N-methyl/N-ethyl adjacent to an activating group) is 1. The Balaban J connectivity index is 1.60. The first kappa shape index (κ1) is 15.5. The third-order valence-electron chi connectivity index (χ3n) is 5.06. The minimum atomic E-state index is -0.00748. The highest BCUT2D eigenvalue weighted by atomic mass is 16.2. The molecule has 1 amide bonds. The fourth-order valence-corrected chi connectivity index (χ4v) is 3.55. The molecular formula is C16H27N5O. The first-order valence-electron chi connectivity index (χ1n) is 8.35. The van der Waals surface area contributed by atoms with Gasteiger partial charge < -0.3 is 9.80 Å². The number of likely N-dealkylation sites (tertiary alicyclic amines) is 1. The number of rotatable bonds is 4. The van der Waals surface area contributed by atoms with E-state index < -0.39 is 0 Å². The zero-order chi connectivity index (χ0) is 15.5. The summed E-state index contributed by atoms with van der Waals surface area (Å²) in [5, 5.41) is 4.28. The van der Waals surface area contributed by atoms with Gasteiger partial charge in [-0.25, -0.2) is 0 Å². The zero-order valence-corrected chi connectivity index (χ0v) is 13.7. The molecular weight excluding hydrogens is 278 g/mol. The van der Waals surface area contributed by atoms with Crippen LogP contribution >= 0.6 is 0 Å². The van der Waals surface area contributed by atoms with Crippen LogP contribution in [0.5, 0.6) is 0 Å². The maximum atomic E-state index is 12.9. The van der Waals surface area contributed by atoms with Gasteiger partial charge in [-0.2, -0.15) is 5.10 Å². The van der Waals surface area contributed by atoms with Crippen molar-refractivity contribution in [2.45, 2.75) is 38.4 Å². The van der Waals surface area contributed by atoms with Gasteiger partial charge in [0.2, 0.25) is 5.91 Å². The Kier molecular flexibility index (Phi) is 4.78. The van der Waals surface area contributed by atoms with Crippen molar-refractivity contribution in [3.05, 3.63) is 18.5 Å². The van der Waals surface area contributed by atoms with E-state index in [4.69, 9.17) is 0 Å². The largest absolute Gasteiger partial charge is 0.337 e. The van der Waals surface area contributed by atoms with E-state index in [9.17, 15) is 4.79 Å². The summed E-state index contributed by atoms with van der Waals surface area (Å²) in [5.41, 5.74) is 0. The molecule has 1 aromatic rings. The maximum Gasteiger partial charge on any atom is 0.239 e. The summed E-state index contributed by atoms with van der Waals surface area (Å²) in [4.78, 5) is 19.6. The molecule has 0 aliphatic carbocycles. The topological polar surface area (TPSA) is 44.6 Å². The van der Waals surface area contributed by atoms with E-state index in [-0.39, 0.29) is 6.04 Å². The molecule has 3 heterocycles. The lowest BCUT2D eigenvalue weighted by Crippen LogP contribution is -2.54. The van der Waals surface area contributed by atoms with E-state index in [1.165, 1.54) is 0 Å². The van der Waals surface area contributed by atoms with Crippen LogP contribution in [0.25, 0.3) is 0 Å². The molecule has 6 nitrogen and oxygen atoms in total. The second-order valence-electron chi connectivity index (χ2n) is 6.57. The van der Waals surface area contributed by atoms with Crippen LogP contribution in [-0.2, 0) is 11.3 Å². The minimum absolute atomic E-state index is 0.00748. The molecule has 0 radical (unpaired) electrons. The molecule has 2 aliphatic rings. The van der Waals surface area contributed by atoms with Gasteiger partial charge >= 0.3 is 0 Å². The van der Waals surface area contributed by atoms with Gasteiger partial charge in [0.25, 0.3) is 0 Å². The van der Waals surface area contributed by atoms with Gasteiger partial charge in [-0.15, -0.1) is 0 Å². The van der Waals surface area contributed by atoms with Crippen LogP contribution in [0.15, 0.2) is 18.5 Å². The van der Waals surface area contributed by atoms with Gasteiger partial charge in [-0.05, 0) is 32.9 Å². The molecule has 22 heavy (non-hydrogen) atoms. The summed E-state index contributed by atoms with van der Waals surface area (Å²) >= 11 is 0. The van der Waals surface area contributed by atoms with Crippen molar-refractivity contribution in [3.8, 4) is 0 Å². The van der Waals surface area contributed by atoms with Gasteiger partial charge in [-0.3, -0.25) is 14.4 Å². The maximum absolute atomic E-state index is 12.9. The lowest BCUT2D eigenvalue weighted by atomic mass is 10.1. The van der Waals surface area contributed by atoms with Gasteiger partial charge in [0, 0.05) is 45.1 Å². The molecule has 2 aliphatic heterocycles.